The van der Waals surface area contributed by atoms with E-state index in [0.717, 1.165) is 34.6 Å². The molecule has 0 saturated carbocycles. The summed E-state index contributed by atoms with van der Waals surface area (Å²) in [7, 11) is 0. The number of benzene rings is 2. The van der Waals surface area contributed by atoms with E-state index in [1.807, 2.05) is 36.4 Å². The highest BCUT2D eigenvalue weighted by Crippen LogP contribution is 2.44. The normalized spacial score (nSPS) is 12.4. The first kappa shape index (κ1) is 22.9. The molecule has 3 N–H and O–H groups in total. The van der Waals surface area contributed by atoms with Crippen molar-refractivity contribution in [3.8, 4) is 11.1 Å². The minimum atomic E-state index is -1.26. The van der Waals surface area contributed by atoms with Gasteiger partial charge in [-0.15, -0.1) is 0 Å². The summed E-state index contributed by atoms with van der Waals surface area (Å²) in [5.41, 5.74) is 3.15. The number of nitrogens with one attached hydrogen (secondary N) is 2. The van der Waals surface area contributed by atoms with Crippen LogP contribution in [0.4, 0.5) is 4.79 Å². The maximum atomic E-state index is 12.6. The van der Waals surface area contributed by atoms with Crippen LogP contribution in [0.2, 0.25) is 0 Å². The monoisotopic (exact) mass is 460 g/mol. The first-order valence-corrected chi connectivity index (χ1v) is 10.7. The quantitative estimate of drug-likeness (QED) is 0.494. The Morgan fingerprint density at radius 2 is 1.53 bits per heavy atom. The van der Waals surface area contributed by atoms with Gasteiger partial charge in [-0.25, -0.2) is 19.6 Å². The van der Waals surface area contributed by atoms with E-state index in [-0.39, 0.29) is 30.5 Å². The van der Waals surface area contributed by atoms with Gasteiger partial charge >= 0.3 is 12.1 Å². The number of carboxylic acids is 1. The van der Waals surface area contributed by atoms with Crippen molar-refractivity contribution in [1.82, 2.24) is 20.6 Å². The molecular formula is C25H24N4O5. The van der Waals surface area contributed by atoms with Gasteiger partial charge in [-0.1, -0.05) is 48.5 Å². The van der Waals surface area contributed by atoms with Gasteiger partial charge in [0.05, 0.1) is 12.1 Å². The van der Waals surface area contributed by atoms with E-state index in [1.165, 1.54) is 0 Å². The second kappa shape index (κ2) is 9.30. The molecule has 1 aromatic heterocycles. The highest BCUT2D eigenvalue weighted by molar-refractivity contribution is 5.89. The van der Waals surface area contributed by atoms with Crippen molar-refractivity contribution in [3.05, 3.63) is 83.4 Å². The van der Waals surface area contributed by atoms with E-state index in [9.17, 15) is 14.4 Å². The predicted octanol–water partition coefficient (Wildman–Crippen LogP) is 3.11. The van der Waals surface area contributed by atoms with Crippen molar-refractivity contribution >= 4 is 18.0 Å². The molecule has 3 aromatic rings. The summed E-state index contributed by atoms with van der Waals surface area (Å²) in [5, 5.41) is 14.1. The average Bonchev–Trinajstić information content (AvgIpc) is 3.15. The summed E-state index contributed by atoms with van der Waals surface area (Å²) >= 11 is 0. The summed E-state index contributed by atoms with van der Waals surface area (Å²) in [5.74, 6) is -1.44. The Labute approximate surface area is 196 Å². The number of alkyl carbamates (subject to hydrolysis) is 1. The number of amides is 2. The lowest BCUT2D eigenvalue weighted by atomic mass is 9.98. The number of carbonyl (C=O) groups excluding carboxylic acids is 2. The maximum Gasteiger partial charge on any atom is 0.408 e. The van der Waals surface area contributed by atoms with Gasteiger partial charge in [-0.2, -0.15) is 0 Å². The van der Waals surface area contributed by atoms with Gasteiger partial charge in [0.1, 0.15) is 18.0 Å². The summed E-state index contributed by atoms with van der Waals surface area (Å²) < 4.78 is 5.51. The van der Waals surface area contributed by atoms with E-state index < -0.39 is 23.5 Å². The average molecular weight is 460 g/mol. The second-order valence-electron chi connectivity index (χ2n) is 8.45. The topological polar surface area (TPSA) is 131 Å². The third kappa shape index (κ3) is 4.73. The molecule has 1 aliphatic rings. The van der Waals surface area contributed by atoms with Crippen molar-refractivity contribution in [3.63, 3.8) is 0 Å². The predicted molar refractivity (Wildman–Crippen MR) is 123 cm³/mol. The molecule has 1 heterocycles. The number of hydrogen-bond donors (Lipinski definition) is 3. The Balaban J connectivity index is 1.33. The molecule has 34 heavy (non-hydrogen) atoms. The van der Waals surface area contributed by atoms with Crippen LogP contribution in [0.15, 0.2) is 60.9 Å². The van der Waals surface area contributed by atoms with Crippen LogP contribution >= 0.6 is 0 Å². The number of rotatable bonds is 7. The fraction of sp³-hybridized carbons (Fsp3) is 0.240. The van der Waals surface area contributed by atoms with Gasteiger partial charge in [0.15, 0.2) is 0 Å². The highest BCUT2D eigenvalue weighted by atomic mass is 16.5. The van der Waals surface area contributed by atoms with Gasteiger partial charge in [0.2, 0.25) is 5.91 Å². The minimum absolute atomic E-state index is 0.0193. The van der Waals surface area contributed by atoms with Gasteiger partial charge in [-0.3, -0.25) is 4.79 Å². The Hall–Kier alpha value is -4.27. The Morgan fingerprint density at radius 3 is 2.09 bits per heavy atom. The highest BCUT2D eigenvalue weighted by Gasteiger charge is 2.32. The largest absolute Gasteiger partial charge is 0.478 e. The molecular weight excluding hydrogens is 436 g/mol. The fourth-order valence-corrected chi connectivity index (χ4v) is 3.88. The zero-order valence-electron chi connectivity index (χ0n) is 18.7. The number of ether oxygens (including phenoxy) is 1. The summed E-state index contributed by atoms with van der Waals surface area (Å²) in [6.45, 7) is 3.23. The lowest BCUT2D eigenvalue weighted by molar-refractivity contribution is -0.126. The number of aromatic nitrogens is 2. The SMILES string of the molecule is CC(C)(NC(=O)OCC1c2ccccc2-c2ccccc21)C(=O)NCc1ncc(C(=O)O)cn1. The van der Waals surface area contributed by atoms with E-state index in [0.29, 0.717) is 0 Å². The van der Waals surface area contributed by atoms with E-state index in [2.05, 4.69) is 32.7 Å². The maximum absolute atomic E-state index is 12.6. The molecule has 174 valence electrons. The van der Waals surface area contributed by atoms with Crippen molar-refractivity contribution in [2.24, 2.45) is 0 Å². The molecule has 2 aromatic carbocycles. The van der Waals surface area contributed by atoms with E-state index >= 15 is 0 Å². The zero-order valence-corrected chi connectivity index (χ0v) is 18.7. The van der Waals surface area contributed by atoms with Crippen LogP contribution in [0.1, 0.15) is 47.1 Å². The van der Waals surface area contributed by atoms with Crippen LogP contribution in [-0.2, 0) is 16.1 Å². The van der Waals surface area contributed by atoms with Crippen LogP contribution in [0.3, 0.4) is 0 Å². The number of carboxylic acid groups (broad SMARTS) is 1. The number of hydrogen-bond acceptors (Lipinski definition) is 6. The molecule has 9 heteroatoms. The van der Waals surface area contributed by atoms with Crippen LogP contribution in [0.25, 0.3) is 11.1 Å². The number of carbonyl (C=O) groups is 3. The Morgan fingerprint density at radius 1 is 0.971 bits per heavy atom. The van der Waals surface area contributed by atoms with Gasteiger partial charge in [-0.05, 0) is 36.1 Å². The van der Waals surface area contributed by atoms with Crippen molar-refractivity contribution < 1.29 is 24.2 Å². The third-order valence-corrected chi connectivity index (χ3v) is 5.69. The van der Waals surface area contributed by atoms with Crippen molar-refractivity contribution in [1.29, 1.82) is 0 Å². The van der Waals surface area contributed by atoms with Gasteiger partial charge < -0.3 is 20.5 Å². The fourth-order valence-electron chi connectivity index (χ4n) is 3.88. The van der Waals surface area contributed by atoms with E-state index in [4.69, 9.17) is 9.84 Å². The standard InChI is InChI=1S/C25H24N4O5/c1-25(2,23(32)28-13-21-26-11-15(12-27-21)22(30)31)29-24(33)34-14-20-18-9-5-3-7-16(18)17-8-4-6-10-19(17)20/h3-12,20H,13-14H2,1-2H3,(H,28,32)(H,29,33)(H,30,31). The molecule has 0 saturated heterocycles. The van der Waals surface area contributed by atoms with Crippen molar-refractivity contribution in [2.45, 2.75) is 31.8 Å². The van der Waals surface area contributed by atoms with Crippen LogP contribution in [0.5, 0.6) is 0 Å². The second-order valence-corrected chi connectivity index (χ2v) is 8.45. The molecule has 0 bridgehead atoms. The zero-order chi connectivity index (χ0) is 24.3. The molecule has 0 atom stereocenters. The number of fused-ring (bicyclic) bond motifs is 3. The lowest BCUT2D eigenvalue weighted by Crippen LogP contribution is -2.54. The Kier molecular flexibility index (Phi) is 6.27. The molecule has 0 radical (unpaired) electrons. The van der Waals surface area contributed by atoms with E-state index in [1.54, 1.807) is 13.8 Å². The molecule has 1 aliphatic carbocycles. The summed E-state index contributed by atoms with van der Waals surface area (Å²) in [6.07, 6.45) is 1.62. The van der Waals surface area contributed by atoms with Crippen LogP contribution in [0, 0.1) is 0 Å². The molecule has 0 aliphatic heterocycles. The minimum Gasteiger partial charge on any atom is -0.478 e. The van der Waals surface area contributed by atoms with Crippen LogP contribution in [-0.4, -0.2) is 45.2 Å². The summed E-state index contributed by atoms with van der Waals surface area (Å²) in [6, 6.07) is 16.1. The third-order valence-electron chi connectivity index (χ3n) is 5.69. The Bertz CT molecular complexity index is 1190. The number of aromatic carboxylic acids is 1. The molecule has 0 fully saturated rings. The first-order valence-electron chi connectivity index (χ1n) is 10.7. The summed E-state index contributed by atoms with van der Waals surface area (Å²) in [4.78, 5) is 43.8. The number of nitrogens with zero attached hydrogens (tertiary/aromatic N) is 2. The molecule has 2 amide bonds. The van der Waals surface area contributed by atoms with Gasteiger partial charge in [0, 0.05) is 18.3 Å². The lowest BCUT2D eigenvalue weighted by Gasteiger charge is -2.25. The molecule has 0 unspecified atom stereocenters. The molecule has 4 rings (SSSR count). The molecule has 0 spiro atoms. The van der Waals surface area contributed by atoms with Crippen LogP contribution < -0.4 is 10.6 Å². The van der Waals surface area contributed by atoms with Crippen molar-refractivity contribution in [2.75, 3.05) is 6.61 Å². The first-order chi connectivity index (χ1) is 16.3. The smallest absolute Gasteiger partial charge is 0.408 e. The molecule has 9 nitrogen and oxygen atoms in total. The van der Waals surface area contributed by atoms with Gasteiger partial charge in [0.25, 0.3) is 0 Å².